The smallest absolute Gasteiger partial charge is 0.335 e. The SMILES string of the molecule is O.O.O=C(O)c1ccncc1.O=C(O)c1ccncc1.O=C(O)c1ccncc1.[Pr]. The molecular formula is C18H19N3O8Pr. The number of aromatic nitrogens is 3. The van der Waals surface area contributed by atoms with Crippen LogP contribution in [0.2, 0.25) is 0 Å². The van der Waals surface area contributed by atoms with Crippen LogP contribution in [-0.2, 0) is 0 Å². The number of rotatable bonds is 3. The Labute approximate surface area is 204 Å². The molecule has 1 radical (unpaired) electrons. The Morgan fingerprint density at radius 2 is 0.667 bits per heavy atom. The second kappa shape index (κ2) is 18.2. The van der Waals surface area contributed by atoms with Crippen molar-refractivity contribution in [1.82, 2.24) is 15.0 Å². The topological polar surface area (TPSA) is 214 Å². The van der Waals surface area contributed by atoms with Gasteiger partial charge in [-0.05, 0) is 36.4 Å². The molecule has 157 valence electrons. The third-order valence-electron chi connectivity index (χ3n) is 2.78. The second-order valence-electron chi connectivity index (χ2n) is 4.62. The molecule has 0 saturated carbocycles. The number of hydrogen-bond donors (Lipinski definition) is 3. The van der Waals surface area contributed by atoms with E-state index in [0.717, 1.165) is 0 Å². The molecule has 0 fully saturated rings. The van der Waals surface area contributed by atoms with Crippen LogP contribution in [0.5, 0.6) is 0 Å². The quantitative estimate of drug-likeness (QED) is 0.421. The first-order valence-electron chi connectivity index (χ1n) is 7.31. The van der Waals surface area contributed by atoms with Crippen LogP contribution >= 0.6 is 0 Å². The Balaban J connectivity index is -0.000000347. The van der Waals surface area contributed by atoms with Crippen LogP contribution in [-0.4, -0.2) is 59.1 Å². The van der Waals surface area contributed by atoms with Gasteiger partial charge in [-0.1, -0.05) is 0 Å². The predicted molar refractivity (Wildman–Crippen MR) is 101 cm³/mol. The van der Waals surface area contributed by atoms with Crippen molar-refractivity contribution in [3.05, 3.63) is 90.3 Å². The van der Waals surface area contributed by atoms with Gasteiger partial charge in [-0.15, -0.1) is 0 Å². The zero-order chi connectivity index (χ0) is 20.1. The molecule has 0 aromatic carbocycles. The number of pyridine rings is 3. The molecule has 0 saturated heterocycles. The van der Waals surface area contributed by atoms with Gasteiger partial charge in [0.2, 0.25) is 0 Å². The van der Waals surface area contributed by atoms with Gasteiger partial charge >= 0.3 is 17.9 Å². The number of hydrogen-bond acceptors (Lipinski definition) is 6. The van der Waals surface area contributed by atoms with Gasteiger partial charge in [0.1, 0.15) is 0 Å². The van der Waals surface area contributed by atoms with Gasteiger partial charge in [-0.2, -0.15) is 0 Å². The first kappa shape index (κ1) is 31.8. The summed E-state index contributed by atoms with van der Waals surface area (Å²) in [6.07, 6.45) is 8.69. The molecule has 7 N–H and O–H groups in total. The van der Waals surface area contributed by atoms with Crippen molar-refractivity contribution in [3.8, 4) is 0 Å². The van der Waals surface area contributed by atoms with Crippen molar-refractivity contribution in [2.75, 3.05) is 0 Å². The maximum Gasteiger partial charge on any atom is 0.335 e. The van der Waals surface area contributed by atoms with Crippen molar-refractivity contribution in [1.29, 1.82) is 0 Å². The van der Waals surface area contributed by atoms with Crippen molar-refractivity contribution in [2.24, 2.45) is 0 Å². The molecule has 0 spiro atoms. The monoisotopic (exact) mass is 546 g/mol. The van der Waals surface area contributed by atoms with E-state index in [1.165, 1.54) is 73.6 Å². The Bertz CT molecular complexity index is 751. The predicted octanol–water partition coefficient (Wildman–Crippen LogP) is 0.690. The number of carboxylic acids is 3. The summed E-state index contributed by atoms with van der Waals surface area (Å²) in [5.41, 5.74) is 0.806. The summed E-state index contributed by atoms with van der Waals surface area (Å²) in [5, 5.41) is 25.1. The fraction of sp³-hybridized carbons (Fsp3) is 0. The summed E-state index contributed by atoms with van der Waals surface area (Å²) in [6, 6.07) is 8.68. The van der Waals surface area contributed by atoms with E-state index in [0.29, 0.717) is 0 Å². The average Bonchev–Trinajstić information content (AvgIpc) is 2.71. The molecule has 0 aliphatic carbocycles. The number of aromatic carboxylic acids is 3. The minimum absolute atomic E-state index is 0. The first-order valence-corrected chi connectivity index (χ1v) is 7.31. The van der Waals surface area contributed by atoms with E-state index in [2.05, 4.69) is 15.0 Å². The summed E-state index contributed by atoms with van der Waals surface area (Å²) in [7, 11) is 0. The van der Waals surface area contributed by atoms with E-state index in [1.807, 2.05) is 0 Å². The molecule has 0 aliphatic heterocycles. The second-order valence-corrected chi connectivity index (χ2v) is 4.62. The molecule has 3 aromatic heterocycles. The molecule has 0 aliphatic rings. The summed E-state index contributed by atoms with van der Waals surface area (Å²) in [6.45, 7) is 0. The van der Waals surface area contributed by atoms with Gasteiger partial charge in [0.25, 0.3) is 0 Å². The Hall–Kier alpha value is -2.86. The molecule has 0 bridgehead atoms. The van der Waals surface area contributed by atoms with Crippen LogP contribution in [0.3, 0.4) is 0 Å². The molecule has 3 aromatic rings. The summed E-state index contributed by atoms with van der Waals surface area (Å²) >= 11 is 0. The number of carbonyl (C=O) groups is 3. The normalized spacial score (nSPS) is 8.00. The van der Waals surface area contributed by atoms with E-state index in [-0.39, 0.29) is 68.9 Å². The van der Waals surface area contributed by atoms with Crippen LogP contribution < -0.4 is 0 Å². The maximum absolute atomic E-state index is 10.2. The molecule has 3 heterocycles. The number of carboxylic acid groups (broad SMARTS) is 3. The van der Waals surface area contributed by atoms with Crippen LogP contribution in [0.4, 0.5) is 0 Å². The summed E-state index contributed by atoms with van der Waals surface area (Å²) < 4.78 is 0. The standard InChI is InChI=1S/3C6H5NO2.2H2O.Pr/c3*8-6(9)5-1-3-7-4-2-5;;;/h3*1-4H,(H,8,9);2*1H2;. The maximum atomic E-state index is 10.2. The van der Waals surface area contributed by atoms with E-state index in [1.54, 1.807) is 0 Å². The summed E-state index contributed by atoms with van der Waals surface area (Å²) in [4.78, 5) is 41.5. The van der Waals surface area contributed by atoms with E-state index in [4.69, 9.17) is 15.3 Å². The molecule has 0 atom stereocenters. The molecule has 30 heavy (non-hydrogen) atoms. The molecule has 11 nitrogen and oxygen atoms in total. The fourth-order valence-corrected chi connectivity index (χ4v) is 1.48. The third-order valence-corrected chi connectivity index (χ3v) is 2.78. The van der Waals surface area contributed by atoms with Crippen molar-refractivity contribution >= 4 is 17.9 Å². The van der Waals surface area contributed by atoms with E-state index >= 15 is 0 Å². The zero-order valence-electron chi connectivity index (χ0n) is 15.4. The van der Waals surface area contributed by atoms with E-state index in [9.17, 15) is 14.4 Å². The minimum Gasteiger partial charge on any atom is -0.478 e. The largest absolute Gasteiger partial charge is 0.478 e. The minimum atomic E-state index is -0.919. The average molecular weight is 546 g/mol. The van der Waals surface area contributed by atoms with Gasteiger partial charge in [0.05, 0.1) is 16.7 Å². The number of nitrogens with zero attached hydrogens (tertiary/aromatic N) is 3. The zero-order valence-corrected chi connectivity index (χ0v) is 19.1. The Morgan fingerprint density at radius 1 is 0.500 bits per heavy atom. The fourth-order valence-electron chi connectivity index (χ4n) is 1.48. The van der Waals surface area contributed by atoms with Crippen LogP contribution in [0.25, 0.3) is 0 Å². The van der Waals surface area contributed by atoms with Gasteiger partial charge in [-0.3, -0.25) is 15.0 Å². The van der Waals surface area contributed by atoms with Crippen LogP contribution in [0, 0.1) is 41.3 Å². The van der Waals surface area contributed by atoms with Crippen LogP contribution in [0.15, 0.2) is 73.6 Å². The molecule has 0 unspecified atom stereocenters. The Kier molecular flexibility index (Phi) is 19.3. The van der Waals surface area contributed by atoms with Gasteiger partial charge in [0, 0.05) is 78.5 Å². The van der Waals surface area contributed by atoms with Gasteiger partial charge in [0.15, 0.2) is 0 Å². The Morgan fingerprint density at radius 3 is 0.767 bits per heavy atom. The summed E-state index contributed by atoms with van der Waals surface area (Å²) in [5.74, 6) is -2.76. The van der Waals surface area contributed by atoms with Crippen molar-refractivity contribution in [3.63, 3.8) is 0 Å². The molecule has 3 rings (SSSR count). The van der Waals surface area contributed by atoms with Crippen molar-refractivity contribution < 1.29 is 81.9 Å². The van der Waals surface area contributed by atoms with Gasteiger partial charge < -0.3 is 26.3 Å². The molecular weight excluding hydrogens is 527 g/mol. The van der Waals surface area contributed by atoms with Crippen molar-refractivity contribution in [2.45, 2.75) is 0 Å². The first-order chi connectivity index (χ1) is 12.9. The molecule has 12 heteroatoms. The van der Waals surface area contributed by atoms with E-state index < -0.39 is 17.9 Å². The van der Waals surface area contributed by atoms with Gasteiger partial charge in [-0.25, -0.2) is 14.4 Å². The van der Waals surface area contributed by atoms with Crippen LogP contribution in [0.1, 0.15) is 31.1 Å². The third kappa shape index (κ3) is 13.3. The molecule has 0 amide bonds.